The average molecular weight is 723 g/mol. The number of aliphatic carboxylic acids is 1. The van der Waals surface area contributed by atoms with E-state index in [1.165, 1.54) is 47.9 Å². The van der Waals surface area contributed by atoms with Crippen molar-refractivity contribution in [2.45, 2.75) is 92.5 Å². The van der Waals surface area contributed by atoms with Crippen LogP contribution >= 0.6 is 11.8 Å². The van der Waals surface area contributed by atoms with Crippen LogP contribution in [0.15, 0.2) is 83.4 Å². The first-order chi connectivity index (χ1) is 24.5. The Morgan fingerprint density at radius 2 is 1.48 bits per heavy atom. The molecule has 2 aromatic carbocycles. The van der Waals surface area contributed by atoms with Crippen LogP contribution in [0.3, 0.4) is 0 Å². The lowest BCUT2D eigenvalue weighted by Gasteiger charge is -2.39. The van der Waals surface area contributed by atoms with E-state index in [-0.39, 0.29) is 30.8 Å². The normalized spacial score (nSPS) is 19.1. The lowest BCUT2D eigenvalue weighted by atomic mass is 9.68. The predicted molar refractivity (Wildman–Crippen MR) is 210 cm³/mol. The molecule has 0 radical (unpaired) electrons. The summed E-state index contributed by atoms with van der Waals surface area (Å²) < 4.78 is 0. The molecule has 2 heterocycles. The largest absolute Gasteiger partial charge is 0.481 e. The van der Waals surface area contributed by atoms with Crippen molar-refractivity contribution in [2.24, 2.45) is 22.7 Å². The van der Waals surface area contributed by atoms with Gasteiger partial charge in [0.05, 0.1) is 10.8 Å². The predicted octanol–water partition coefficient (Wildman–Crippen LogP) is 8.90. The van der Waals surface area contributed by atoms with E-state index in [1.54, 1.807) is 0 Å². The zero-order chi connectivity index (χ0) is 37.8. The van der Waals surface area contributed by atoms with E-state index in [0.717, 1.165) is 33.1 Å². The third kappa shape index (κ3) is 9.59. The Kier molecular flexibility index (Phi) is 12.1. The summed E-state index contributed by atoms with van der Waals surface area (Å²) in [6.07, 6.45) is 11.0. The molecule has 1 atom stereocenters. The number of rotatable bonds is 11. The number of carboxylic acid groups (broad SMARTS) is 1. The smallest absolute Gasteiger partial charge is 0.310 e. The van der Waals surface area contributed by atoms with Gasteiger partial charge in [-0.1, -0.05) is 114 Å². The van der Waals surface area contributed by atoms with Crippen LogP contribution in [0.4, 0.5) is 0 Å². The molecule has 8 nitrogen and oxygen atoms in total. The van der Waals surface area contributed by atoms with Crippen molar-refractivity contribution in [3.05, 3.63) is 94.5 Å². The zero-order valence-corrected chi connectivity index (χ0v) is 32.6. The Balaban J connectivity index is 1.23. The van der Waals surface area contributed by atoms with Crippen molar-refractivity contribution < 1.29 is 19.5 Å². The van der Waals surface area contributed by atoms with Gasteiger partial charge in [0.15, 0.2) is 5.82 Å². The fourth-order valence-electron chi connectivity index (χ4n) is 7.19. The number of benzene rings is 2. The van der Waals surface area contributed by atoms with Crippen LogP contribution in [0.2, 0.25) is 0 Å². The lowest BCUT2D eigenvalue weighted by molar-refractivity contribution is -0.154. The van der Waals surface area contributed by atoms with Crippen LogP contribution in [0.1, 0.15) is 91.2 Å². The standard InChI is InChI=1S/C43H54N4O4S/c1-9-37(43(6,7)8)52-27(2)39(48)46-36(40(49)47-25-34(26-47)41(50)51)22-28-10-12-32(13-11-28)38-44-23-33(24-45-38)31-16-14-29(15-17-31)30-18-20-35(21-19-30)42(3,4)5/h9-17,23-24,30,34-36H,2,18-22,25-26H2,1,3-8H3,(H,46,48)(H,50,51)/b37-9-/t30-,35+,36-/m0/s1. The Morgan fingerprint density at radius 3 is 2.00 bits per heavy atom. The maximum absolute atomic E-state index is 13.5. The maximum atomic E-state index is 13.5. The number of hydrogen-bond acceptors (Lipinski definition) is 6. The lowest BCUT2D eigenvalue weighted by Crippen LogP contribution is -2.59. The zero-order valence-electron chi connectivity index (χ0n) is 31.7. The Labute approximate surface area is 313 Å². The summed E-state index contributed by atoms with van der Waals surface area (Å²) in [5, 5.41) is 12.2. The fraction of sp³-hybridized carbons (Fsp3) is 0.465. The van der Waals surface area contributed by atoms with Gasteiger partial charge in [0.2, 0.25) is 5.91 Å². The second-order valence-corrected chi connectivity index (χ2v) is 17.6. The van der Waals surface area contributed by atoms with Crippen LogP contribution in [0.25, 0.3) is 22.5 Å². The molecule has 2 N–H and O–H groups in total. The molecule has 2 aliphatic rings. The van der Waals surface area contributed by atoms with E-state index in [9.17, 15) is 19.5 Å². The molecule has 9 heteroatoms. The fourth-order valence-corrected chi connectivity index (χ4v) is 8.03. The van der Waals surface area contributed by atoms with Crippen molar-refractivity contribution in [3.8, 4) is 22.5 Å². The first-order valence-electron chi connectivity index (χ1n) is 18.4. The van der Waals surface area contributed by atoms with Gasteiger partial charge in [-0.25, -0.2) is 9.97 Å². The minimum atomic E-state index is -0.928. The number of amides is 2. The first kappa shape index (κ1) is 39.0. The molecule has 1 aliphatic heterocycles. The highest BCUT2D eigenvalue weighted by molar-refractivity contribution is 8.07. The van der Waals surface area contributed by atoms with Gasteiger partial charge in [-0.2, -0.15) is 0 Å². The summed E-state index contributed by atoms with van der Waals surface area (Å²) in [6.45, 7) is 19.4. The molecule has 276 valence electrons. The Hall–Kier alpha value is -4.24. The van der Waals surface area contributed by atoms with E-state index >= 15 is 0 Å². The number of hydrogen-bond donors (Lipinski definition) is 2. The van der Waals surface area contributed by atoms with E-state index < -0.39 is 23.8 Å². The van der Waals surface area contributed by atoms with Gasteiger partial charge in [0, 0.05) is 43.0 Å². The van der Waals surface area contributed by atoms with Gasteiger partial charge >= 0.3 is 5.97 Å². The van der Waals surface area contributed by atoms with Crippen LogP contribution in [-0.2, 0) is 20.8 Å². The molecule has 1 saturated heterocycles. The molecule has 1 saturated carbocycles. The summed E-state index contributed by atoms with van der Waals surface area (Å²) >= 11 is 1.30. The summed E-state index contributed by atoms with van der Waals surface area (Å²) in [6, 6.07) is 15.6. The molecule has 0 bridgehead atoms. The molecule has 52 heavy (non-hydrogen) atoms. The minimum Gasteiger partial charge on any atom is -0.481 e. The highest BCUT2D eigenvalue weighted by Gasteiger charge is 2.39. The molecular weight excluding hydrogens is 669 g/mol. The first-order valence-corrected chi connectivity index (χ1v) is 19.2. The summed E-state index contributed by atoms with van der Waals surface area (Å²) in [5.74, 6) is -0.237. The molecule has 5 rings (SSSR count). The van der Waals surface area contributed by atoms with E-state index in [4.69, 9.17) is 0 Å². The molecule has 1 aromatic heterocycles. The number of allylic oxidation sites excluding steroid dienone is 2. The Morgan fingerprint density at radius 1 is 0.904 bits per heavy atom. The van der Waals surface area contributed by atoms with Crippen LogP contribution in [-0.4, -0.2) is 56.9 Å². The van der Waals surface area contributed by atoms with Crippen molar-refractivity contribution in [2.75, 3.05) is 13.1 Å². The summed E-state index contributed by atoms with van der Waals surface area (Å²) in [5.41, 5.74) is 5.35. The highest BCUT2D eigenvalue weighted by atomic mass is 32.2. The molecule has 1 aliphatic carbocycles. The number of likely N-dealkylation sites (tertiary alicyclic amines) is 1. The molecule has 2 fully saturated rings. The van der Waals surface area contributed by atoms with Gasteiger partial charge in [-0.05, 0) is 76.9 Å². The monoisotopic (exact) mass is 722 g/mol. The van der Waals surface area contributed by atoms with E-state index in [1.807, 2.05) is 49.7 Å². The molecule has 0 spiro atoms. The molecule has 2 amide bonds. The quantitative estimate of drug-likeness (QED) is 0.190. The van der Waals surface area contributed by atoms with E-state index in [0.29, 0.717) is 22.1 Å². The summed E-state index contributed by atoms with van der Waals surface area (Å²) in [7, 11) is 0. The Bertz CT molecular complexity index is 1770. The third-order valence-corrected chi connectivity index (χ3v) is 12.1. The average Bonchev–Trinajstić information content (AvgIpc) is 3.09. The number of carboxylic acids is 1. The SMILES string of the molecule is C=C(S/C(=C\C)C(C)(C)C)C(=O)N[C@@H](Cc1ccc(-c2ncc(-c3ccc([C@H]4CC[C@@H](C(C)(C)C)CC4)cc3)cn2)cc1)C(=O)N1CC(C(=O)O)C1. The second kappa shape index (κ2) is 16.2. The van der Waals surface area contributed by atoms with Crippen LogP contribution in [0, 0.1) is 22.7 Å². The third-order valence-electron chi connectivity index (χ3n) is 10.6. The number of nitrogens with zero attached hydrogens (tertiary/aromatic N) is 3. The van der Waals surface area contributed by atoms with Gasteiger partial charge in [0.1, 0.15) is 6.04 Å². The van der Waals surface area contributed by atoms with E-state index in [2.05, 4.69) is 87.7 Å². The van der Waals surface area contributed by atoms with Gasteiger partial charge in [-0.3, -0.25) is 14.4 Å². The van der Waals surface area contributed by atoms with Crippen LogP contribution < -0.4 is 5.32 Å². The number of thioether (sulfide) groups is 1. The number of carbonyl (C=O) groups excluding carboxylic acids is 2. The number of aromatic nitrogens is 2. The van der Waals surface area contributed by atoms with Crippen molar-refractivity contribution in [1.29, 1.82) is 0 Å². The number of carbonyl (C=O) groups is 3. The van der Waals surface area contributed by atoms with Gasteiger partial charge in [-0.15, -0.1) is 0 Å². The van der Waals surface area contributed by atoms with Crippen LogP contribution in [0.5, 0.6) is 0 Å². The van der Waals surface area contributed by atoms with Crippen molar-refractivity contribution >= 4 is 29.5 Å². The number of nitrogens with one attached hydrogen (secondary N) is 1. The molecule has 0 unspecified atom stereocenters. The highest BCUT2D eigenvalue weighted by Crippen LogP contribution is 2.43. The van der Waals surface area contributed by atoms with Gasteiger partial charge in [0.25, 0.3) is 5.91 Å². The van der Waals surface area contributed by atoms with Crippen molar-refractivity contribution in [1.82, 2.24) is 20.2 Å². The summed E-state index contributed by atoms with van der Waals surface area (Å²) in [4.78, 5) is 50.3. The van der Waals surface area contributed by atoms with Crippen molar-refractivity contribution in [3.63, 3.8) is 0 Å². The van der Waals surface area contributed by atoms with Gasteiger partial charge < -0.3 is 15.3 Å². The topological polar surface area (TPSA) is 112 Å². The molecular formula is C43H54N4O4S. The maximum Gasteiger partial charge on any atom is 0.310 e. The minimum absolute atomic E-state index is 0.123. The molecule has 3 aromatic rings. The second-order valence-electron chi connectivity index (χ2n) is 16.5.